The Morgan fingerprint density at radius 2 is 2.27 bits per heavy atom. The van der Waals surface area contributed by atoms with E-state index >= 15 is 0 Å². The van der Waals surface area contributed by atoms with Gasteiger partial charge in [0.2, 0.25) is 0 Å². The van der Waals surface area contributed by atoms with Crippen molar-refractivity contribution in [2.24, 2.45) is 5.92 Å². The second kappa shape index (κ2) is 3.57. The van der Waals surface area contributed by atoms with Gasteiger partial charge in [-0.3, -0.25) is 4.79 Å². The van der Waals surface area contributed by atoms with Crippen LogP contribution in [-0.4, -0.2) is 13.1 Å². The highest BCUT2D eigenvalue weighted by Crippen LogP contribution is 2.49. The summed E-state index contributed by atoms with van der Waals surface area (Å²) in [7, 11) is 1.43. The Balaban J connectivity index is 2.20. The molecule has 0 aliphatic heterocycles. The molecule has 80 valence electrons. The normalized spacial score (nSPS) is 23.6. The molecule has 0 aromatic heterocycles. The summed E-state index contributed by atoms with van der Waals surface area (Å²) in [6.45, 7) is 2.00. The minimum atomic E-state index is -0.109. The molecule has 0 saturated heterocycles. The fraction of sp³-hybridized carbons (Fsp3) is 0.417. The summed E-state index contributed by atoms with van der Waals surface area (Å²) in [5, 5.41) is 0. The zero-order chi connectivity index (χ0) is 11.0. The smallest absolute Gasteiger partial charge is 0.309 e. The monoisotopic (exact) mass is 205 g/mol. The van der Waals surface area contributed by atoms with E-state index in [-0.39, 0.29) is 11.9 Å². The van der Waals surface area contributed by atoms with Crippen molar-refractivity contribution in [2.45, 2.75) is 19.3 Å². The van der Waals surface area contributed by atoms with Crippen LogP contribution in [0.2, 0.25) is 0 Å². The molecule has 1 saturated carbocycles. The predicted octanol–water partition coefficient (Wildman–Crippen LogP) is 1.85. The lowest BCUT2D eigenvalue weighted by Crippen LogP contribution is -2.04. The lowest BCUT2D eigenvalue weighted by Gasteiger charge is -2.07. The highest BCUT2D eigenvalue weighted by molar-refractivity contribution is 5.77. The number of hydrogen-bond donors (Lipinski definition) is 1. The van der Waals surface area contributed by atoms with E-state index in [1.54, 1.807) is 0 Å². The van der Waals surface area contributed by atoms with Gasteiger partial charge < -0.3 is 10.5 Å². The van der Waals surface area contributed by atoms with Gasteiger partial charge >= 0.3 is 5.97 Å². The minimum absolute atomic E-state index is 0.0375. The first kappa shape index (κ1) is 10.0. The number of benzene rings is 1. The van der Waals surface area contributed by atoms with Crippen LogP contribution in [0.5, 0.6) is 0 Å². The van der Waals surface area contributed by atoms with Crippen LogP contribution in [-0.2, 0) is 9.53 Å². The molecule has 1 aromatic rings. The van der Waals surface area contributed by atoms with Crippen LogP contribution < -0.4 is 5.73 Å². The summed E-state index contributed by atoms with van der Waals surface area (Å²) in [5.41, 5.74) is 8.90. The third-order valence-corrected chi connectivity index (χ3v) is 3.11. The fourth-order valence-electron chi connectivity index (χ4n) is 2.02. The van der Waals surface area contributed by atoms with Gasteiger partial charge in [-0.1, -0.05) is 12.1 Å². The Hall–Kier alpha value is -1.51. The van der Waals surface area contributed by atoms with Crippen LogP contribution in [0.25, 0.3) is 0 Å². The number of carbonyl (C=O) groups excluding carboxylic acids is 1. The van der Waals surface area contributed by atoms with E-state index in [2.05, 4.69) is 0 Å². The molecule has 1 aliphatic carbocycles. The van der Waals surface area contributed by atoms with Crippen molar-refractivity contribution in [3.05, 3.63) is 29.3 Å². The summed E-state index contributed by atoms with van der Waals surface area (Å²) in [5.74, 6) is 0.235. The SMILES string of the molecule is COC(=O)[C@@H]1C[C@@H]1c1cccc(N)c1C. The second-order valence-corrected chi connectivity index (χ2v) is 4.03. The van der Waals surface area contributed by atoms with Gasteiger partial charge in [0.05, 0.1) is 13.0 Å². The number of ether oxygens (including phenoxy) is 1. The number of carbonyl (C=O) groups is 1. The summed E-state index contributed by atoms with van der Waals surface area (Å²) in [6.07, 6.45) is 0.886. The maximum Gasteiger partial charge on any atom is 0.309 e. The third kappa shape index (κ3) is 1.69. The van der Waals surface area contributed by atoms with Gasteiger partial charge in [-0.05, 0) is 36.5 Å². The maximum absolute atomic E-state index is 11.3. The van der Waals surface area contributed by atoms with Gasteiger partial charge in [-0.25, -0.2) is 0 Å². The van der Waals surface area contributed by atoms with Gasteiger partial charge in [0, 0.05) is 5.69 Å². The number of anilines is 1. The number of hydrogen-bond acceptors (Lipinski definition) is 3. The summed E-state index contributed by atoms with van der Waals surface area (Å²) >= 11 is 0. The van der Waals surface area contributed by atoms with Gasteiger partial charge in [-0.15, -0.1) is 0 Å². The highest BCUT2D eigenvalue weighted by atomic mass is 16.5. The van der Waals surface area contributed by atoms with Crippen molar-refractivity contribution in [3.8, 4) is 0 Å². The Labute approximate surface area is 89.2 Å². The van der Waals surface area contributed by atoms with Crippen LogP contribution in [0.4, 0.5) is 5.69 Å². The maximum atomic E-state index is 11.3. The van der Waals surface area contributed by atoms with Crippen LogP contribution in [0.3, 0.4) is 0 Å². The van der Waals surface area contributed by atoms with Crippen molar-refractivity contribution < 1.29 is 9.53 Å². The molecule has 0 amide bonds. The average molecular weight is 205 g/mol. The summed E-state index contributed by atoms with van der Waals surface area (Å²) in [4.78, 5) is 11.3. The van der Waals surface area contributed by atoms with E-state index in [0.717, 1.165) is 17.7 Å². The molecule has 3 nitrogen and oxygen atoms in total. The summed E-state index contributed by atoms with van der Waals surface area (Å²) < 4.78 is 4.73. The second-order valence-electron chi connectivity index (χ2n) is 4.03. The predicted molar refractivity (Wildman–Crippen MR) is 58.5 cm³/mol. The van der Waals surface area contributed by atoms with Crippen LogP contribution in [0, 0.1) is 12.8 Å². The minimum Gasteiger partial charge on any atom is -0.469 e. The first-order valence-electron chi connectivity index (χ1n) is 5.08. The van der Waals surface area contributed by atoms with E-state index < -0.39 is 0 Å². The number of nitrogen functional groups attached to an aromatic ring is 1. The van der Waals surface area contributed by atoms with Gasteiger partial charge in [-0.2, -0.15) is 0 Å². The molecule has 1 fully saturated rings. The van der Waals surface area contributed by atoms with Gasteiger partial charge in [0.25, 0.3) is 0 Å². The van der Waals surface area contributed by atoms with Gasteiger partial charge in [0.15, 0.2) is 0 Å². The zero-order valence-corrected chi connectivity index (χ0v) is 8.99. The van der Waals surface area contributed by atoms with Gasteiger partial charge in [0.1, 0.15) is 0 Å². The Morgan fingerprint density at radius 1 is 1.53 bits per heavy atom. The summed E-state index contributed by atoms with van der Waals surface area (Å²) in [6, 6.07) is 5.86. The first-order chi connectivity index (χ1) is 7.15. The third-order valence-electron chi connectivity index (χ3n) is 3.11. The molecule has 0 bridgehead atoms. The lowest BCUT2D eigenvalue weighted by atomic mass is 10.0. The van der Waals surface area contributed by atoms with Crippen molar-refractivity contribution in [2.75, 3.05) is 12.8 Å². The van der Waals surface area contributed by atoms with E-state index in [1.165, 1.54) is 12.7 Å². The van der Waals surface area contributed by atoms with Crippen molar-refractivity contribution in [1.29, 1.82) is 0 Å². The molecule has 15 heavy (non-hydrogen) atoms. The molecule has 0 heterocycles. The Morgan fingerprint density at radius 3 is 2.93 bits per heavy atom. The largest absolute Gasteiger partial charge is 0.469 e. The van der Waals surface area contributed by atoms with Crippen LogP contribution >= 0.6 is 0 Å². The zero-order valence-electron chi connectivity index (χ0n) is 8.99. The molecule has 0 unspecified atom stereocenters. The molecule has 0 radical (unpaired) electrons. The molecule has 2 N–H and O–H groups in total. The molecule has 0 spiro atoms. The quantitative estimate of drug-likeness (QED) is 0.592. The highest BCUT2D eigenvalue weighted by Gasteiger charge is 2.45. The first-order valence-corrected chi connectivity index (χ1v) is 5.08. The van der Waals surface area contributed by atoms with Crippen LogP contribution in [0.15, 0.2) is 18.2 Å². The molecule has 1 aliphatic rings. The standard InChI is InChI=1S/C12H15NO2/c1-7-8(4-3-5-11(7)13)9-6-10(9)12(14)15-2/h3-5,9-10H,6,13H2,1-2H3/t9-,10-/m1/s1. The molecule has 1 aromatic carbocycles. The fourth-order valence-corrected chi connectivity index (χ4v) is 2.02. The average Bonchev–Trinajstić information content (AvgIpc) is 3.01. The lowest BCUT2D eigenvalue weighted by molar-refractivity contribution is -0.142. The Kier molecular flexibility index (Phi) is 2.39. The molecule has 2 rings (SSSR count). The van der Waals surface area contributed by atoms with E-state index in [1.807, 2.05) is 25.1 Å². The Bertz CT molecular complexity index is 401. The van der Waals surface area contributed by atoms with E-state index in [4.69, 9.17) is 10.5 Å². The van der Waals surface area contributed by atoms with Crippen molar-refractivity contribution >= 4 is 11.7 Å². The topological polar surface area (TPSA) is 52.3 Å². The van der Waals surface area contributed by atoms with E-state index in [9.17, 15) is 4.79 Å². The van der Waals surface area contributed by atoms with E-state index in [0.29, 0.717) is 5.92 Å². The molecular weight excluding hydrogens is 190 g/mol. The number of nitrogens with two attached hydrogens (primary N) is 1. The molecular formula is C12H15NO2. The van der Waals surface area contributed by atoms with Crippen LogP contribution in [0.1, 0.15) is 23.5 Å². The number of rotatable bonds is 2. The molecule has 2 atom stereocenters. The molecule has 3 heteroatoms. The van der Waals surface area contributed by atoms with Crippen molar-refractivity contribution in [3.63, 3.8) is 0 Å². The number of esters is 1. The number of methoxy groups -OCH3 is 1. The van der Waals surface area contributed by atoms with Crippen molar-refractivity contribution in [1.82, 2.24) is 0 Å².